The molecular formula is C19H21N. The van der Waals surface area contributed by atoms with Crippen LogP contribution in [0.3, 0.4) is 0 Å². The van der Waals surface area contributed by atoms with E-state index in [0.29, 0.717) is 0 Å². The highest BCUT2D eigenvalue weighted by Gasteiger charge is 2.11. The summed E-state index contributed by atoms with van der Waals surface area (Å²) in [5, 5.41) is 0. The predicted octanol–water partition coefficient (Wildman–Crippen LogP) is 5.02. The van der Waals surface area contributed by atoms with Gasteiger partial charge < -0.3 is 4.90 Å². The van der Waals surface area contributed by atoms with Crippen molar-refractivity contribution in [3.05, 3.63) is 71.4 Å². The molecule has 0 bridgehead atoms. The number of rotatable bonds is 4. The van der Waals surface area contributed by atoms with Crippen LogP contribution in [-0.2, 0) is 13.0 Å². The Hall–Kier alpha value is -2.02. The topological polar surface area (TPSA) is 3.24 Å². The van der Waals surface area contributed by atoms with Gasteiger partial charge in [0.1, 0.15) is 0 Å². The molecule has 3 rings (SSSR count). The molecule has 1 nitrogen and oxygen atoms in total. The lowest BCUT2D eigenvalue weighted by molar-refractivity contribution is 0.795. The largest absolute Gasteiger partial charge is 0.344 e. The first-order chi connectivity index (χ1) is 9.86. The lowest BCUT2D eigenvalue weighted by Crippen LogP contribution is -2.18. The van der Waals surface area contributed by atoms with Gasteiger partial charge in [0.15, 0.2) is 0 Å². The zero-order chi connectivity index (χ0) is 13.8. The summed E-state index contributed by atoms with van der Waals surface area (Å²) >= 11 is 0. The lowest BCUT2D eigenvalue weighted by atomic mass is 10.0. The molecule has 0 spiro atoms. The highest BCUT2D eigenvalue weighted by atomic mass is 15.1. The maximum atomic E-state index is 2.31. The molecule has 0 fully saturated rings. The Labute approximate surface area is 121 Å². The van der Waals surface area contributed by atoms with Crippen molar-refractivity contribution in [3.8, 4) is 0 Å². The van der Waals surface area contributed by atoms with Gasteiger partial charge in [-0.3, -0.25) is 0 Å². The smallest absolute Gasteiger partial charge is 0.0481 e. The Morgan fingerprint density at radius 2 is 1.80 bits per heavy atom. The number of unbranched alkanes of at least 4 members (excludes halogenated alkanes) is 1. The number of nitrogens with zero attached hydrogens (tertiary/aromatic N) is 1. The highest BCUT2D eigenvalue weighted by molar-refractivity contribution is 5.64. The van der Waals surface area contributed by atoms with E-state index in [1.54, 1.807) is 0 Å². The van der Waals surface area contributed by atoms with Crippen molar-refractivity contribution < 1.29 is 0 Å². The molecule has 2 aromatic carbocycles. The molecule has 20 heavy (non-hydrogen) atoms. The standard InChI is InChI=1S/C19H21N/c1-2-3-6-16-9-11-19(12-10-16)20-14-13-17-7-4-5-8-18(17)15-20/h4-5,7-14H,2-3,6,15H2,1H3. The van der Waals surface area contributed by atoms with E-state index in [9.17, 15) is 0 Å². The van der Waals surface area contributed by atoms with Crippen molar-refractivity contribution >= 4 is 11.8 Å². The van der Waals surface area contributed by atoms with E-state index < -0.39 is 0 Å². The van der Waals surface area contributed by atoms with Crippen molar-refractivity contribution in [3.63, 3.8) is 0 Å². The van der Waals surface area contributed by atoms with Crippen LogP contribution in [0.2, 0.25) is 0 Å². The molecule has 102 valence electrons. The van der Waals surface area contributed by atoms with Crippen molar-refractivity contribution in [1.29, 1.82) is 0 Å². The first-order valence-electron chi connectivity index (χ1n) is 7.48. The molecule has 2 aromatic rings. The van der Waals surface area contributed by atoms with E-state index in [2.05, 4.69) is 72.6 Å². The minimum atomic E-state index is 0.959. The van der Waals surface area contributed by atoms with Gasteiger partial charge in [-0.05, 0) is 47.7 Å². The van der Waals surface area contributed by atoms with Crippen LogP contribution >= 0.6 is 0 Å². The maximum Gasteiger partial charge on any atom is 0.0481 e. The minimum Gasteiger partial charge on any atom is -0.344 e. The Bertz CT molecular complexity index is 595. The first-order valence-corrected chi connectivity index (χ1v) is 7.48. The quantitative estimate of drug-likeness (QED) is 0.748. The van der Waals surface area contributed by atoms with Crippen molar-refractivity contribution in [2.75, 3.05) is 4.90 Å². The van der Waals surface area contributed by atoms with E-state index in [1.165, 1.54) is 41.6 Å². The van der Waals surface area contributed by atoms with Crippen molar-refractivity contribution in [1.82, 2.24) is 0 Å². The maximum absolute atomic E-state index is 2.31. The monoisotopic (exact) mass is 263 g/mol. The van der Waals surface area contributed by atoms with Crippen LogP contribution in [0.1, 0.15) is 36.5 Å². The molecule has 1 aliphatic heterocycles. The predicted molar refractivity (Wildman–Crippen MR) is 86.7 cm³/mol. The average Bonchev–Trinajstić information content (AvgIpc) is 2.53. The molecule has 0 amide bonds. The third-order valence-corrected chi connectivity index (χ3v) is 3.92. The van der Waals surface area contributed by atoms with Crippen LogP contribution in [0.15, 0.2) is 54.7 Å². The second kappa shape index (κ2) is 5.96. The Balaban J connectivity index is 1.75. The number of aryl methyl sites for hydroxylation is 1. The minimum absolute atomic E-state index is 0.959. The van der Waals surface area contributed by atoms with Gasteiger partial charge in [-0.15, -0.1) is 0 Å². The third kappa shape index (κ3) is 2.77. The van der Waals surface area contributed by atoms with Gasteiger partial charge in [0.25, 0.3) is 0 Å². The summed E-state index contributed by atoms with van der Waals surface area (Å²) in [6.45, 7) is 3.20. The SMILES string of the molecule is CCCCc1ccc(N2C=Cc3ccccc3C2)cc1. The number of benzene rings is 2. The summed E-state index contributed by atoms with van der Waals surface area (Å²) in [5.74, 6) is 0. The molecule has 1 aliphatic rings. The molecule has 0 atom stereocenters. The van der Waals surface area contributed by atoms with E-state index >= 15 is 0 Å². The van der Waals surface area contributed by atoms with Crippen LogP contribution in [0.25, 0.3) is 6.08 Å². The fourth-order valence-electron chi connectivity index (χ4n) is 2.66. The second-order valence-corrected chi connectivity index (χ2v) is 5.41. The lowest BCUT2D eigenvalue weighted by Gasteiger charge is -2.25. The van der Waals surface area contributed by atoms with E-state index in [4.69, 9.17) is 0 Å². The third-order valence-electron chi connectivity index (χ3n) is 3.92. The van der Waals surface area contributed by atoms with Crippen LogP contribution in [0.4, 0.5) is 5.69 Å². The summed E-state index contributed by atoms with van der Waals surface area (Å²) in [5.41, 5.74) is 5.45. The van der Waals surface area contributed by atoms with Crippen LogP contribution in [-0.4, -0.2) is 0 Å². The molecule has 1 heterocycles. The van der Waals surface area contributed by atoms with Crippen LogP contribution < -0.4 is 4.90 Å². The molecule has 0 N–H and O–H groups in total. The molecule has 0 saturated heterocycles. The van der Waals surface area contributed by atoms with Gasteiger partial charge in [0.05, 0.1) is 0 Å². The normalized spacial score (nSPS) is 13.3. The first kappa shape index (κ1) is 13.0. The number of anilines is 1. The number of hydrogen-bond donors (Lipinski definition) is 0. The molecule has 0 aromatic heterocycles. The van der Waals surface area contributed by atoms with E-state index in [1.807, 2.05) is 0 Å². The molecule has 0 aliphatic carbocycles. The van der Waals surface area contributed by atoms with E-state index in [0.717, 1.165) is 6.54 Å². The molecule has 0 radical (unpaired) electrons. The molecular weight excluding hydrogens is 242 g/mol. The molecule has 1 heteroatoms. The van der Waals surface area contributed by atoms with Crippen LogP contribution in [0, 0.1) is 0 Å². The summed E-state index contributed by atoms with van der Waals surface area (Å²) in [7, 11) is 0. The van der Waals surface area contributed by atoms with E-state index in [-0.39, 0.29) is 0 Å². The van der Waals surface area contributed by atoms with Crippen molar-refractivity contribution in [2.24, 2.45) is 0 Å². The summed E-state index contributed by atoms with van der Waals surface area (Å²) < 4.78 is 0. The average molecular weight is 263 g/mol. The Morgan fingerprint density at radius 1 is 1.00 bits per heavy atom. The van der Waals surface area contributed by atoms with Gasteiger partial charge >= 0.3 is 0 Å². The molecule has 0 unspecified atom stereocenters. The Kier molecular flexibility index (Phi) is 3.87. The fourth-order valence-corrected chi connectivity index (χ4v) is 2.66. The van der Waals surface area contributed by atoms with Gasteiger partial charge in [0, 0.05) is 18.4 Å². The Morgan fingerprint density at radius 3 is 2.60 bits per heavy atom. The number of hydrogen-bond acceptors (Lipinski definition) is 1. The van der Waals surface area contributed by atoms with Gasteiger partial charge in [-0.1, -0.05) is 49.7 Å². The molecule has 0 saturated carbocycles. The van der Waals surface area contributed by atoms with Gasteiger partial charge in [0.2, 0.25) is 0 Å². The highest BCUT2D eigenvalue weighted by Crippen LogP contribution is 2.25. The van der Waals surface area contributed by atoms with Gasteiger partial charge in [-0.2, -0.15) is 0 Å². The van der Waals surface area contributed by atoms with Crippen LogP contribution in [0.5, 0.6) is 0 Å². The summed E-state index contributed by atoms with van der Waals surface area (Å²) in [4.78, 5) is 2.31. The fraction of sp³-hybridized carbons (Fsp3) is 0.263. The van der Waals surface area contributed by atoms with Crippen molar-refractivity contribution in [2.45, 2.75) is 32.7 Å². The zero-order valence-electron chi connectivity index (χ0n) is 12.0. The summed E-state index contributed by atoms with van der Waals surface area (Å²) in [6, 6.07) is 17.6. The number of fused-ring (bicyclic) bond motifs is 1. The zero-order valence-corrected chi connectivity index (χ0v) is 12.0. The van der Waals surface area contributed by atoms with Gasteiger partial charge in [-0.25, -0.2) is 0 Å². The summed E-state index contributed by atoms with van der Waals surface area (Å²) in [6.07, 6.45) is 8.10. The second-order valence-electron chi connectivity index (χ2n) is 5.41.